The zero-order valence-corrected chi connectivity index (χ0v) is 14.7. The molecule has 4 rings (SSSR count). The highest BCUT2D eigenvalue weighted by Crippen LogP contribution is 2.54. The molecule has 2 aromatic carbocycles. The zero-order chi connectivity index (χ0) is 17.1. The molecule has 0 saturated heterocycles. The minimum absolute atomic E-state index is 0.283. The van der Waals surface area contributed by atoms with E-state index in [2.05, 4.69) is 15.9 Å². The molecule has 2 amide bonds. The van der Waals surface area contributed by atoms with Crippen molar-refractivity contribution in [3.8, 4) is 0 Å². The molecule has 0 spiro atoms. The van der Waals surface area contributed by atoms with E-state index >= 15 is 0 Å². The number of hydrogen-bond acceptors (Lipinski definition) is 3. The Kier molecular flexibility index (Phi) is 3.24. The Bertz CT molecular complexity index is 814. The van der Waals surface area contributed by atoms with E-state index in [1.54, 1.807) is 31.2 Å². The fraction of sp³-hybridized carbons (Fsp3) is 0.263. The summed E-state index contributed by atoms with van der Waals surface area (Å²) in [4.78, 5) is 27.2. The van der Waals surface area contributed by atoms with E-state index in [1.807, 2.05) is 24.3 Å². The van der Waals surface area contributed by atoms with Crippen molar-refractivity contribution in [3.05, 3.63) is 69.7 Å². The van der Waals surface area contributed by atoms with Gasteiger partial charge in [-0.3, -0.25) is 14.5 Å². The summed E-state index contributed by atoms with van der Waals surface area (Å²) in [6, 6.07) is 14.5. The molecule has 1 heterocycles. The molecular formula is C19H16BrNO3. The van der Waals surface area contributed by atoms with Crippen LogP contribution in [0.25, 0.3) is 0 Å². The highest BCUT2D eigenvalue weighted by atomic mass is 79.9. The van der Waals surface area contributed by atoms with E-state index in [1.165, 1.54) is 4.90 Å². The van der Waals surface area contributed by atoms with Crippen LogP contribution in [0.5, 0.6) is 0 Å². The van der Waals surface area contributed by atoms with Crippen molar-refractivity contribution >= 4 is 27.7 Å². The Morgan fingerprint density at radius 1 is 0.958 bits per heavy atom. The third-order valence-corrected chi connectivity index (χ3v) is 5.48. The lowest BCUT2D eigenvalue weighted by molar-refractivity contribution is -0.118. The Morgan fingerprint density at radius 2 is 1.46 bits per heavy atom. The number of halogens is 1. The maximum absolute atomic E-state index is 12.9. The van der Waals surface area contributed by atoms with Gasteiger partial charge in [0.05, 0.1) is 22.3 Å². The van der Waals surface area contributed by atoms with Crippen LogP contribution in [0.2, 0.25) is 0 Å². The predicted octanol–water partition coefficient (Wildman–Crippen LogP) is 3.49. The molecule has 0 radical (unpaired) electrons. The van der Waals surface area contributed by atoms with Gasteiger partial charge in [-0.15, -0.1) is 0 Å². The van der Waals surface area contributed by atoms with Crippen LogP contribution in [0.3, 0.4) is 0 Å². The van der Waals surface area contributed by atoms with Crippen LogP contribution in [0.1, 0.15) is 46.0 Å². The van der Waals surface area contributed by atoms with Crippen LogP contribution in [-0.2, 0) is 5.54 Å². The maximum Gasteiger partial charge on any atom is 0.262 e. The van der Waals surface area contributed by atoms with Crippen molar-refractivity contribution in [2.45, 2.75) is 30.9 Å². The van der Waals surface area contributed by atoms with Crippen molar-refractivity contribution < 1.29 is 14.7 Å². The third-order valence-electron chi connectivity index (χ3n) is 4.95. The number of carbonyl (C=O) groups is 2. The molecule has 0 unspecified atom stereocenters. The SMILES string of the molecule is C[C@]1(O)C[C@](c2ccc(Br)cc2)(N2C(=O)c3ccccc3C2=O)C1. The highest BCUT2D eigenvalue weighted by molar-refractivity contribution is 9.10. The largest absolute Gasteiger partial charge is 0.390 e. The molecule has 122 valence electrons. The van der Waals surface area contributed by atoms with Crippen LogP contribution >= 0.6 is 15.9 Å². The van der Waals surface area contributed by atoms with Crippen LogP contribution < -0.4 is 0 Å². The number of aliphatic hydroxyl groups is 1. The number of hydrogen-bond donors (Lipinski definition) is 1. The van der Waals surface area contributed by atoms with Gasteiger partial charge in [-0.05, 0) is 36.8 Å². The van der Waals surface area contributed by atoms with Gasteiger partial charge in [-0.1, -0.05) is 40.2 Å². The summed E-state index contributed by atoms with van der Waals surface area (Å²) in [5.74, 6) is -0.567. The number of nitrogens with zero attached hydrogens (tertiary/aromatic N) is 1. The normalized spacial score (nSPS) is 28.7. The lowest BCUT2D eigenvalue weighted by Gasteiger charge is -2.55. The van der Waals surface area contributed by atoms with Gasteiger partial charge >= 0.3 is 0 Å². The summed E-state index contributed by atoms with van der Waals surface area (Å²) in [6.45, 7) is 1.74. The van der Waals surface area contributed by atoms with Gasteiger partial charge in [-0.25, -0.2) is 0 Å². The highest BCUT2D eigenvalue weighted by Gasteiger charge is 2.60. The molecule has 1 saturated carbocycles. The molecule has 1 fully saturated rings. The average molecular weight is 386 g/mol. The lowest BCUT2D eigenvalue weighted by Crippen LogP contribution is -2.63. The maximum atomic E-state index is 12.9. The summed E-state index contributed by atoms with van der Waals surface area (Å²) >= 11 is 3.41. The fourth-order valence-electron chi connectivity index (χ4n) is 4.04. The Hall–Kier alpha value is -1.98. The molecule has 0 aromatic heterocycles. The molecule has 2 aromatic rings. The van der Waals surface area contributed by atoms with Crippen molar-refractivity contribution in [1.29, 1.82) is 0 Å². The first-order valence-electron chi connectivity index (χ1n) is 7.80. The van der Waals surface area contributed by atoms with E-state index in [4.69, 9.17) is 0 Å². The molecule has 5 heteroatoms. The molecule has 0 atom stereocenters. The molecule has 4 nitrogen and oxygen atoms in total. The first-order valence-corrected chi connectivity index (χ1v) is 8.60. The number of carbonyl (C=O) groups excluding carboxylic acids is 2. The molecule has 24 heavy (non-hydrogen) atoms. The summed E-state index contributed by atoms with van der Waals surface area (Å²) < 4.78 is 0.926. The first-order chi connectivity index (χ1) is 11.3. The van der Waals surface area contributed by atoms with Crippen molar-refractivity contribution in [3.63, 3.8) is 0 Å². The standard InChI is InChI=1S/C19H16BrNO3/c1-18(24)10-19(11-18,12-6-8-13(20)9-7-12)21-16(22)14-4-2-3-5-15(14)17(21)23/h2-9,24H,10-11H2,1H3/t18-,19-. The average Bonchev–Trinajstić information content (AvgIpc) is 2.78. The zero-order valence-electron chi connectivity index (χ0n) is 13.1. The monoisotopic (exact) mass is 385 g/mol. The van der Waals surface area contributed by atoms with Crippen LogP contribution in [0.15, 0.2) is 53.0 Å². The van der Waals surface area contributed by atoms with Gasteiger partial charge in [0.1, 0.15) is 0 Å². The number of imide groups is 1. The summed E-state index contributed by atoms with van der Waals surface area (Å²) in [6.07, 6.45) is 0.681. The van der Waals surface area contributed by atoms with E-state index in [0.717, 1.165) is 10.0 Å². The summed E-state index contributed by atoms with van der Waals surface area (Å²) in [5, 5.41) is 10.4. The molecule has 1 aliphatic carbocycles. The molecular weight excluding hydrogens is 370 g/mol. The summed E-state index contributed by atoms with van der Waals surface area (Å²) in [5.41, 5.74) is 0.0579. The molecule has 1 aliphatic heterocycles. The minimum atomic E-state index is -0.886. The number of rotatable bonds is 2. The smallest absolute Gasteiger partial charge is 0.262 e. The van der Waals surface area contributed by atoms with E-state index in [-0.39, 0.29) is 11.8 Å². The second kappa shape index (κ2) is 5.01. The Morgan fingerprint density at radius 3 is 1.92 bits per heavy atom. The Balaban J connectivity index is 1.84. The number of benzene rings is 2. The quantitative estimate of drug-likeness (QED) is 0.804. The van der Waals surface area contributed by atoms with Gasteiger partial charge in [0, 0.05) is 17.3 Å². The van der Waals surface area contributed by atoms with Gasteiger partial charge in [0.15, 0.2) is 0 Å². The van der Waals surface area contributed by atoms with Crippen LogP contribution in [0.4, 0.5) is 0 Å². The van der Waals surface area contributed by atoms with Crippen molar-refractivity contribution in [2.24, 2.45) is 0 Å². The second-order valence-electron chi connectivity index (χ2n) is 6.88. The van der Waals surface area contributed by atoms with E-state index < -0.39 is 11.1 Å². The third kappa shape index (κ3) is 2.08. The topological polar surface area (TPSA) is 57.6 Å². The number of fused-ring (bicyclic) bond motifs is 1. The van der Waals surface area contributed by atoms with Gasteiger partial charge in [0.25, 0.3) is 11.8 Å². The van der Waals surface area contributed by atoms with Gasteiger partial charge < -0.3 is 5.11 Å². The second-order valence-corrected chi connectivity index (χ2v) is 7.80. The molecule has 0 bridgehead atoms. The van der Waals surface area contributed by atoms with Crippen LogP contribution in [-0.4, -0.2) is 27.4 Å². The van der Waals surface area contributed by atoms with E-state index in [9.17, 15) is 14.7 Å². The summed E-state index contributed by atoms with van der Waals surface area (Å²) in [7, 11) is 0. The lowest BCUT2D eigenvalue weighted by atomic mass is 9.61. The fourth-order valence-corrected chi connectivity index (χ4v) is 4.30. The van der Waals surface area contributed by atoms with Gasteiger partial charge in [0.2, 0.25) is 0 Å². The van der Waals surface area contributed by atoms with Crippen molar-refractivity contribution in [2.75, 3.05) is 0 Å². The van der Waals surface area contributed by atoms with Crippen molar-refractivity contribution in [1.82, 2.24) is 4.90 Å². The Labute approximate surface area is 148 Å². The predicted molar refractivity (Wildman–Crippen MR) is 92.6 cm³/mol. The number of amides is 2. The molecule has 2 aliphatic rings. The van der Waals surface area contributed by atoms with E-state index in [0.29, 0.717) is 24.0 Å². The molecule has 1 N–H and O–H groups in total. The minimum Gasteiger partial charge on any atom is -0.390 e. The van der Waals surface area contributed by atoms with Crippen LogP contribution in [0, 0.1) is 0 Å². The van der Waals surface area contributed by atoms with Gasteiger partial charge in [-0.2, -0.15) is 0 Å². The first kappa shape index (κ1) is 15.5.